The summed E-state index contributed by atoms with van der Waals surface area (Å²) in [5.74, 6) is 0. The van der Waals surface area contributed by atoms with Gasteiger partial charge in [-0.15, -0.1) is 0 Å². The van der Waals surface area contributed by atoms with E-state index in [0.29, 0.717) is 35.4 Å². The number of nitrogens with zero attached hydrogens (tertiary/aromatic N) is 1. The molecule has 3 aromatic rings. The Bertz CT molecular complexity index is 678. The number of aryl methyl sites for hydroxylation is 1. The molecule has 74 valence electrons. The van der Waals surface area contributed by atoms with E-state index in [1.165, 1.54) is 24.2 Å². The van der Waals surface area contributed by atoms with Crippen molar-refractivity contribution in [3.63, 3.8) is 0 Å². The number of aromatic nitrogens is 1. The van der Waals surface area contributed by atoms with Crippen molar-refractivity contribution in [2.75, 3.05) is 0 Å². The zero-order valence-corrected chi connectivity index (χ0v) is 11.6. The number of hydrogen-bond acceptors (Lipinski definition) is 1. The van der Waals surface area contributed by atoms with E-state index in [2.05, 4.69) is 30.1 Å². The molecular formula is C11H8N2Se2. The van der Waals surface area contributed by atoms with Crippen LogP contribution in [0.3, 0.4) is 0 Å². The summed E-state index contributed by atoms with van der Waals surface area (Å²) in [4.78, 5) is 3.46. The molecule has 0 atom stereocenters. The molecule has 0 saturated carbocycles. The fourth-order valence-electron chi connectivity index (χ4n) is 1.79. The van der Waals surface area contributed by atoms with Gasteiger partial charge in [0.2, 0.25) is 0 Å². The molecule has 1 N–H and O–H groups in total. The van der Waals surface area contributed by atoms with Crippen LogP contribution in [0.1, 0.15) is 8.87 Å². The maximum absolute atomic E-state index is 8.68. The SMILES string of the molecule is Cc1cc2[nH]c3cc(CC#N)[se]c3c2[se]1. The average Bonchev–Trinajstić information content (AvgIpc) is 2.76. The second kappa shape index (κ2) is 3.40. The summed E-state index contributed by atoms with van der Waals surface area (Å²) < 4.78 is 5.86. The Morgan fingerprint density at radius 2 is 2.00 bits per heavy atom. The van der Waals surface area contributed by atoms with Gasteiger partial charge in [-0.25, -0.2) is 0 Å². The zero-order valence-electron chi connectivity index (χ0n) is 8.13. The third kappa shape index (κ3) is 1.44. The van der Waals surface area contributed by atoms with E-state index in [9.17, 15) is 0 Å². The van der Waals surface area contributed by atoms with Gasteiger partial charge in [0.05, 0.1) is 0 Å². The second-order valence-corrected chi connectivity index (χ2v) is 8.54. The van der Waals surface area contributed by atoms with Gasteiger partial charge < -0.3 is 0 Å². The summed E-state index contributed by atoms with van der Waals surface area (Å²) in [7, 11) is 0. The minimum absolute atomic E-state index is 0.398. The van der Waals surface area contributed by atoms with Gasteiger partial charge in [0, 0.05) is 0 Å². The molecule has 0 aliphatic heterocycles. The van der Waals surface area contributed by atoms with Gasteiger partial charge in [-0.2, -0.15) is 0 Å². The molecular weight excluding hydrogens is 318 g/mol. The third-order valence-electron chi connectivity index (χ3n) is 2.37. The fraction of sp³-hybridized carbons (Fsp3) is 0.182. The Hall–Kier alpha value is -0.711. The van der Waals surface area contributed by atoms with Crippen molar-refractivity contribution in [2.45, 2.75) is 13.3 Å². The molecule has 15 heavy (non-hydrogen) atoms. The molecule has 0 aliphatic rings. The fourth-order valence-corrected chi connectivity index (χ4v) is 6.73. The van der Waals surface area contributed by atoms with Crippen LogP contribution in [0.4, 0.5) is 0 Å². The molecule has 0 saturated heterocycles. The molecule has 0 aromatic carbocycles. The molecule has 3 rings (SSSR count). The molecule has 2 nitrogen and oxygen atoms in total. The van der Waals surface area contributed by atoms with E-state index >= 15 is 0 Å². The summed E-state index contributed by atoms with van der Waals surface area (Å²) in [6.07, 6.45) is 0.594. The van der Waals surface area contributed by atoms with Crippen LogP contribution in [0.15, 0.2) is 12.1 Å². The molecule has 0 unspecified atom stereocenters. The molecule has 0 aliphatic carbocycles. The molecule has 0 fully saturated rings. The first-order chi connectivity index (χ1) is 7.28. The van der Waals surface area contributed by atoms with Crippen LogP contribution in [0.2, 0.25) is 0 Å². The van der Waals surface area contributed by atoms with Crippen molar-refractivity contribution in [1.29, 1.82) is 5.26 Å². The average molecular weight is 326 g/mol. The molecule has 0 spiro atoms. The van der Waals surface area contributed by atoms with Crippen molar-refractivity contribution in [1.82, 2.24) is 4.98 Å². The predicted molar refractivity (Wildman–Crippen MR) is 63.7 cm³/mol. The number of rotatable bonds is 1. The summed E-state index contributed by atoms with van der Waals surface area (Å²) >= 11 is 0.923. The number of H-pyrrole nitrogens is 1. The molecule has 0 amide bonds. The van der Waals surface area contributed by atoms with Crippen LogP contribution in [0.5, 0.6) is 0 Å². The predicted octanol–water partition coefficient (Wildman–Crippen LogP) is 1.81. The van der Waals surface area contributed by atoms with Crippen LogP contribution in [0, 0.1) is 18.3 Å². The minimum atomic E-state index is 0.398. The van der Waals surface area contributed by atoms with E-state index in [-0.39, 0.29) is 0 Å². The molecule has 3 heterocycles. The summed E-state index contributed by atoms with van der Waals surface area (Å²) in [6, 6.07) is 6.68. The van der Waals surface area contributed by atoms with Gasteiger partial charge in [0.15, 0.2) is 0 Å². The monoisotopic (exact) mass is 328 g/mol. The number of aromatic amines is 1. The Labute approximate surface area is 99.0 Å². The van der Waals surface area contributed by atoms with Crippen LogP contribution >= 0.6 is 0 Å². The van der Waals surface area contributed by atoms with Gasteiger partial charge in [0.1, 0.15) is 0 Å². The van der Waals surface area contributed by atoms with Gasteiger partial charge in [0.25, 0.3) is 0 Å². The van der Waals surface area contributed by atoms with Gasteiger partial charge in [-0.1, -0.05) is 0 Å². The van der Waals surface area contributed by atoms with Crippen LogP contribution < -0.4 is 0 Å². The van der Waals surface area contributed by atoms with Crippen LogP contribution in [-0.2, 0) is 6.42 Å². The van der Waals surface area contributed by atoms with Crippen molar-refractivity contribution in [3.05, 3.63) is 21.0 Å². The van der Waals surface area contributed by atoms with Crippen LogP contribution in [0.25, 0.3) is 19.6 Å². The van der Waals surface area contributed by atoms with Crippen molar-refractivity contribution < 1.29 is 0 Å². The first kappa shape index (κ1) is 9.51. The van der Waals surface area contributed by atoms with Gasteiger partial charge in [-0.05, 0) is 0 Å². The zero-order chi connectivity index (χ0) is 10.4. The van der Waals surface area contributed by atoms with E-state index in [1.807, 2.05) is 0 Å². The summed E-state index contributed by atoms with van der Waals surface area (Å²) in [5, 5.41) is 8.68. The molecule has 4 heteroatoms. The maximum atomic E-state index is 8.68. The Kier molecular flexibility index (Phi) is 2.16. The Morgan fingerprint density at radius 1 is 1.27 bits per heavy atom. The first-order valence-corrected chi connectivity index (χ1v) is 8.08. The quantitative estimate of drug-likeness (QED) is 0.681. The Morgan fingerprint density at radius 3 is 2.80 bits per heavy atom. The molecule has 3 aromatic heterocycles. The molecule has 0 radical (unpaired) electrons. The third-order valence-corrected chi connectivity index (χ3v) is 7.68. The normalized spacial score (nSPS) is 11.2. The van der Waals surface area contributed by atoms with Gasteiger partial charge >= 0.3 is 99.2 Å². The second-order valence-electron chi connectivity index (χ2n) is 3.52. The number of fused-ring (bicyclic) bond motifs is 3. The van der Waals surface area contributed by atoms with E-state index in [1.54, 1.807) is 4.26 Å². The standard InChI is InChI=1S/C11H8N2Se2/c1-6-4-8-10(14-6)11-9(13-8)5-7(15-11)2-3-12/h4-5,13H,2H2,1H3. The Balaban J connectivity index is 2.31. The van der Waals surface area contributed by atoms with Crippen LogP contribution in [-0.4, -0.2) is 34.0 Å². The van der Waals surface area contributed by atoms with Crippen molar-refractivity contribution in [2.24, 2.45) is 0 Å². The summed E-state index contributed by atoms with van der Waals surface area (Å²) in [5.41, 5.74) is 2.60. The number of nitriles is 1. The van der Waals surface area contributed by atoms with Crippen molar-refractivity contribution >= 4 is 48.6 Å². The van der Waals surface area contributed by atoms with Gasteiger partial charge in [-0.3, -0.25) is 0 Å². The topological polar surface area (TPSA) is 39.6 Å². The van der Waals surface area contributed by atoms with E-state index < -0.39 is 0 Å². The number of hydrogen-bond donors (Lipinski definition) is 1. The number of nitrogens with one attached hydrogen (secondary N) is 1. The summed E-state index contributed by atoms with van der Waals surface area (Å²) in [6.45, 7) is 2.20. The van der Waals surface area contributed by atoms with E-state index in [0.717, 1.165) is 0 Å². The van der Waals surface area contributed by atoms with Crippen molar-refractivity contribution in [3.8, 4) is 6.07 Å². The molecule has 0 bridgehead atoms. The van der Waals surface area contributed by atoms with E-state index in [4.69, 9.17) is 5.26 Å². The first-order valence-electron chi connectivity index (χ1n) is 4.65.